The average Bonchev–Trinajstić information content (AvgIpc) is 3.90. The van der Waals surface area contributed by atoms with Crippen molar-refractivity contribution >= 4 is 69.3 Å². The Hall–Kier alpha value is -7.60. The maximum Gasteiger partial charge on any atom is 0.426 e. The summed E-state index contributed by atoms with van der Waals surface area (Å²) in [5.74, 6) is -4.07. The van der Waals surface area contributed by atoms with E-state index in [0.717, 1.165) is 5.56 Å². The molecule has 0 spiro atoms. The van der Waals surface area contributed by atoms with E-state index >= 15 is 0 Å². The number of amides is 5. The van der Waals surface area contributed by atoms with Crippen molar-refractivity contribution < 1.29 is 56.5 Å². The SMILES string of the molecule is Cc1ccc(S(=O)(=O)NC(N)=NCCC[C@H](NC(=O)CNC(=O)[C@@H](CCCN=C(N)N(C(=O)OCc2ccccc2)C(=O)OCc2ccccc2)NC(=O)OC(C)(C)C)C(=O)O)cc1.c1cscn1. The highest BCUT2D eigenvalue weighted by Gasteiger charge is 2.30. The van der Waals surface area contributed by atoms with Crippen molar-refractivity contribution in [3.05, 3.63) is 119 Å². The predicted octanol–water partition coefficient (Wildman–Crippen LogP) is 4.16. The van der Waals surface area contributed by atoms with Crippen molar-refractivity contribution in [2.24, 2.45) is 21.5 Å². The molecule has 3 aromatic carbocycles. The number of guanidine groups is 2. The number of nitrogens with one attached hydrogen (secondary N) is 4. The molecule has 69 heavy (non-hydrogen) atoms. The van der Waals surface area contributed by atoms with Crippen LogP contribution in [0.3, 0.4) is 0 Å². The fourth-order valence-electron chi connectivity index (χ4n) is 5.52. The van der Waals surface area contributed by atoms with Gasteiger partial charge < -0.3 is 46.7 Å². The molecule has 0 radical (unpaired) electrons. The van der Waals surface area contributed by atoms with Gasteiger partial charge in [-0.3, -0.25) is 24.6 Å². The molecule has 0 saturated heterocycles. The van der Waals surface area contributed by atoms with E-state index in [4.69, 9.17) is 25.7 Å². The monoisotopic (exact) mass is 994 g/mol. The van der Waals surface area contributed by atoms with E-state index < -0.39 is 82.2 Å². The molecule has 24 heteroatoms. The molecule has 22 nitrogen and oxygen atoms in total. The summed E-state index contributed by atoms with van der Waals surface area (Å²) < 4.78 is 43.1. The summed E-state index contributed by atoms with van der Waals surface area (Å²) in [4.78, 5) is 89.1. The van der Waals surface area contributed by atoms with Crippen molar-refractivity contribution in [1.29, 1.82) is 0 Å². The number of hydrogen-bond donors (Lipinski definition) is 7. The first kappa shape index (κ1) is 55.7. The molecule has 1 aromatic heterocycles. The molecular formula is C45H58N10O12S2. The zero-order valence-electron chi connectivity index (χ0n) is 38.5. The Morgan fingerprint density at radius 3 is 1.84 bits per heavy atom. The van der Waals surface area contributed by atoms with Gasteiger partial charge in [-0.05, 0) is 76.6 Å². The number of rotatable bonds is 20. The number of aromatic nitrogens is 1. The lowest BCUT2D eigenvalue weighted by molar-refractivity contribution is -0.142. The largest absolute Gasteiger partial charge is 0.480 e. The van der Waals surface area contributed by atoms with E-state index in [1.165, 1.54) is 12.1 Å². The second-order valence-electron chi connectivity index (χ2n) is 15.7. The Balaban J connectivity index is 0.00000236. The first-order valence-corrected chi connectivity index (χ1v) is 23.7. The summed E-state index contributed by atoms with van der Waals surface area (Å²) in [7, 11) is -4.00. The molecule has 0 fully saturated rings. The van der Waals surface area contributed by atoms with Crippen LogP contribution in [0.4, 0.5) is 14.4 Å². The normalized spacial score (nSPS) is 12.4. The van der Waals surface area contributed by atoms with Gasteiger partial charge in [0.1, 0.15) is 30.9 Å². The molecule has 2 atom stereocenters. The molecule has 1 heterocycles. The van der Waals surface area contributed by atoms with Crippen LogP contribution in [0.15, 0.2) is 117 Å². The van der Waals surface area contributed by atoms with Gasteiger partial charge in [0.25, 0.3) is 10.0 Å². The number of nitrogens with zero attached hydrogens (tertiary/aromatic N) is 4. The van der Waals surface area contributed by atoms with Crippen LogP contribution in [-0.2, 0) is 51.8 Å². The Bertz CT molecular complexity index is 2360. The van der Waals surface area contributed by atoms with Crippen molar-refractivity contribution in [2.45, 2.75) is 89.2 Å². The van der Waals surface area contributed by atoms with Crippen LogP contribution in [0.2, 0.25) is 0 Å². The number of sulfonamides is 1. The number of hydrogen-bond acceptors (Lipinski definition) is 15. The zero-order valence-corrected chi connectivity index (χ0v) is 40.2. The highest BCUT2D eigenvalue weighted by molar-refractivity contribution is 7.90. The number of thiazole rings is 1. The number of carbonyl (C=O) groups is 6. The average molecular weight is 995 g/mol. The van der Waals surface area contributed by atoms with Crippen molar-refractivity contribution in [1.82, 2.24) is 30.6 Å². The number of carboxylic acids is 1. The Morgan fingerprint density at radius 1 is 0.797 bits per heavy atom. The molecule has 0 aliphatic rings. The van der Waals surface area contributed by atoms with E-state index in [1.807, 2.05) is 5.38 Å². The number of ether oxygens (including phenoxy) is 3. The van der Waals surface area contributed by atoms with Crippen LogP contribution in [0.25, 0.3) is 0 Å². The number of alkyl carbamates (subject to hydrolysis) is 1. The number of aryl methyl sites for hydroxylation is 1. The smallest absolute Gasteiger partial charge is 0.426 e. The van der Waals surface area contributed by atoms with Gasteiger partial charge in [-0.2, -0.15) is 0 Å². The first-order chi connectivity index (χ1) is 32.7. The lowest BCUT2D eigenvalue weighted by Crippen LogP contribution is -2.51. The lowest BCUT2D eigenvalue weighted by atomic mass is 10.1. The van der Waals surface area contributed by atoms with Crippen LogP contribution in [0.1, 0.15) is 63.1 Å². The standard InChI is InChI=1S/C42H55N9O12S.C3H3NS/c1-28-19-21-31(22-20-28)64(59,60)50-37(43)45-23-12-18-33(36(54)55)48-34(52)25-47-35(53)32(49-39(56)63-42(2,3)4)17-11-24-46-38(44)51(40(57)61-26-29-13-7-5-8-14-29)41(58)62-27-30-15-9-6-10-16-30;1-2-5-3-4-1/h5-10,13-16,19-22,32-33H,11-12,17-18,23-27H2,1-4H3,(H2,44,46)(H,47,53)(H,48,52)(H,49,56)(H,54,55)(H3,43,45,50);1-3H/t32-,33+;/m1./s1. The molecule has 0 saturated carbocycles. The molecule has 4 aromatic rings. The van der Waals surface area contributed by atoms with E-state index in [-0.39, 0.29) is 56.9 Å². The third-order valence-corrected chi connectivity index (χ3v) is 10.7. The van der Waals surface area contributed by atoms with Gasteiger partial charge in [-0.1, -0.05) is 78.4 Å². The minimum absolute atomic E-state index is 0.0267. The fraction of sp³-hybridized carbons (Fsp3) is 0.356. The summed E-state index contributed by atoms with van der Waals surface area (Å²) in [5, 5.41) is 18.7. The highest BCUT2D eigenvalue weighted by atomic mass is 32.2. The van der Waals surface area contributed by atoms with Crippen molar-refractivity contribution in [3.8, 4) is 0 Å². The molecule has 0 aliphatic heterocycles. The Kier molecular flexibility index (Phi) is 23.1. The number of benzene rings is 3. The van der Waals surface area contributed by atoms with E-state index in [2.05, 4.69) is 35.6 Å². The van der Waals surface area contributed by atoms with E-state index in [0.29, 0.717) is 16.0 Å². The van der Waals surface area contributed by atoms with Crippen molar-refractivity contribution in [2.75, 3.05) is 19.6 Å². The van der Waals surface area contributed by atoms with Gasteiger partial charge in [0.05, 0.1) is 17.0 Å². The number of nitrogens with two attached hydrogens (primary N) is 2. The van der Waals surface area contributed by atoms with E-state index in [1.54, 1.807) is 124 Å². The Morgan fingerprint density at radius 2 is 1.35 bits per heavy atom. The van der Waals surface area contributed by atoms with Crippen LogP contribution >= 0.6 is 11.3 Å². The number of carboxylic acid groups (broad SMARTS) is 1. The maximum atomic E-state index is 13.3. The summed E-state index contributed by atoms with van der Waals surface area (Å²) in [6, 6.07) is 20.7. The summed E-state index contributed by atoms with van der Waals surface area (Å²) >= 11 is 1.60. The van der Waals surface area contributed by atoms with Gasteiger partial charge in [0.2, 0.25) is 23.7 Å². The third-order valence-electron chi connectivity index (χ3n) is 8.84. The lowest BCUT2D eigenvalue weighted by Gasteiger charge is -2.23. The maximum absolute atomic E-state index is 13.3. The molecule has 372 valence electrons. The number of imide groups is 1. The van der Waals surface area contributed by atoms with Gasteiger partial charge in [-0.25, -0.2) is 32.3 Å². The zero-order chi connectivity index (χ0) is 50.8. The Labute approximate surface area is 404 Å². The number of aliphatic imine (C=N–C) groups is 2. The minimum atomic E-state index is -4.00. The molecule has 9 N–H and O–H groups in total. The molecule has 4 rings (SSSR count). The second-order valence-corrected chi connectivity index (χ2v) is 18.1. The molecule has 0 bridgehead atoms. The van der Waals surface area contributed by atoms with E-state index in [9.17, 15) is 42.3 Å². The molecule has 0 aliphatic carbocycles. The van der Waals surface area contributed by atoms with Crippen LogP contribution in [0, 0.1) is 6.92 Å². The number of aliphatic carboxylic acids is 1. The summed E-state index contributed by atoms with van der Waals surface area (Å²) in [6.07, 6.45) is -1.63. The van der Waals surface area contributed by atoms with Crippen LogP contribution in [0.5, 0.6) is 0 Å². The molecular weight excluding hydrogens is 937 g/mol. The molecule has 5 amide bonds. The van der Waals surface area contributed by atoms with Crippen molar-refractivity contribution in [3.63, 3.8) is 0 Å². The quantitative estimate of drug-likeness (QED) is 0.0283. The van der Waals surface area contributed by atoms with Crippen LogP contribution in [-0.4, -0.2) is 109 Å². The van der Waals surface area contributed by atoms with Gasteiger partial charge in [-0.15, -0.1) is 16.2 Å². The van der Waals surface area contributed by atoms with Gasteiger partial charge >= 0.3 is 24.2 Å². The third kappa shape index (κ3) is 22.2. The second kappa shape index (κ2) is 28.5. The first-order valence-electron chi connectivity index (χ1n) is 21.3. The molecule has 0 unspecified atom stereocenters. The highest BCUT2D eigenvalue weighted by Crippen LogP contribution is 2.12. The number of carbonyl (C=O) groups excluding carboxylic acids is 5. The van der Waals surface area contributed by atoms with Gasteiger partial charge in [0.15, 0.2) is 0 Å². The predicted molar refractivity (Wildman–Crippen MR) is 256 cm³/mol. The fourth-order valence-corrected chi connectivity index (χ4v) is 6.82. The topological polar surface area (TPSA) is 325 Å². The minimum Gasteiger partial charge on any atom is -0.480 e. The van der Waals surface area contributed by atoms with Gasteiger partial charge in [0, 0.05) is 24.7 Å². The summed E-state index contributed by atoms with van der Waals surface area (Å²) in [5.41, 5.74) is 14.8. The van der Waals surface area contributed by atoms with Crippen LogP contribution < -0.4 is 32.1 Å². The summed E-state index contributed by atoms with van der Waals surface area (Å²) in [6.45, 7) is 5.32.